The molecule has 0 aliphatic carbocycles. The normalized spacial score (nSPS) is 12.9. The zero-order chi connectivity index (χ0) is 23.6. The van der Waals surface area contributed by atoms with E-state index >= 15 is 0 Å². The lowest BCUT2D eigenvalue weighted by Gasteiger charge is -2.26. The minimum absolute atomic E-state index is 0.534. The maximum absolute atomic E-state index is 11.4. The van der Waals surface area contributed by atoms with Gasteiger partial charge in [-0.25, -0.2) is 0 Å². The highest BCUT2D eigenvalue weighted by atomic mass is 35.5. The molecule has 1 aromatic heterocycles. The number of thiophene rings is 1. The lowest BCUT2D eigenvalue weighted by Crippen LogP contribution is -2.31. The second-order valence-electron chi connectivity index (χ2n) is 9.26. The Kier molecular flexibility index (Phi) is 11.3. The Morgan fingerprint density at radius 2 is 1.45 bits per heavy atom. The number of rotatable bonds is 15. The van der Waals surface area contributed by atoms with Gasteiger partial charge in [0, 0.05) is 37.6 Å². The van der Waals surface area contributed by atoms with Gasteiger partial charge in [0.15, 0.2) is 0 Å². The van der Waals surface area contributed by atoms with Gasteiger partial charge in [-0.05, 0) is 61.0 Å². The maximum atomic E-state index is 11.4. The van der Waals surface area contributed by atoms with Crippen molar-refractivity contribution in [1.82, 2.24) is 4.90 Å². The maximum Gasteiger partial charge on any atom is 0.0930 e. The summed E-state index contributed by atoms with van der Waals surface area (Å²) >= 11 is 14.5. The number of halogens is 2. The Labute approximate surface area is 213 Å². The summed E-state index contributed by atoms with van der Waals surface area (Å²) in [5.41, 5.74) is 0.985. The van der Waals surface area contributed by atoms with Gasteiger partial charge in [0.25, 0.3) is 0 Å². The highest BCUT2D eigenvalue weighted by molar-refractivity contribution is 7.17. The van der Waals surface area contributed by atoms with Gasteiger partial charge in [-0.3, -0.25) is 0 Å². The molecule has 1 unspecified atom stereocenters. The molecule has 5 heteroatoms. The third kappa shape index (κ3) is 7.57. The fraction of sp³-hybridized carbons (Fsp3) is 0.571. The summed E-state index contributed by atoms with van der Waals surface area (Å²) < 4.78 is 1.14. The molecule has 0 fully saturated rings. The highest BCUT2D eigenvalue weighted by Crippen LogP contribution is 2.39. The van der Waals surface area contributed by atoms with Gasteiger partial charge in [-0.2, -0.15) is 0 Å². The molecular formula is C28H39Cl2NOS. The molecule has 182 valence electrons. The van der Waals surface area contributed by atoms with E-state index in [9.17, 15) is 5.11 Å². The molecular weight excluding hydrogens is 469 g/mol. The first-order chi connectivity index (χ1) is 16.0. The van der Waals surface area contributed by atoms with Crippen LogP contribution in [0.25, 0.3) is 20.9 Å². The molecule has 2 nitrogen and oxygen atoms in total. The number of aliphatic hydroxyl groups is 1. The summed E-state index contributed by atoms with van der Waals surface area (Å²) in [6.45, 7) is 7.31. The van der Waals surface area contributed by atoms with Gasteiger partial charge in [-0.1, -0.05) is 88.4 Å². The number of hydrogen-bond acceptors (Lipinski definition) is 3. The molecule has 0 spiro atoms. The van der Waals surface area contributed by atoms with Crippen LogP contribution in [0, 0.1) is 0 Å². The third-order valence-electron chi connectivity index (χ3n) is 6.56. The fourth-order valence-electron chi connectivity index (χ4n) is 4.68. The fourth-order valence-corrected chi connectivity index (χ4v) is 6.21. The predicted octanol–water partition coefficient (Wildman–Crippen LogP) is 9.64. The van der Waals surface area contributed by atoms with Crippen LogP contribution >= 0.6 is 34.5 Å². The van der Waals surface area contributed by atoms with E-state index in [1.165, 1.54) is 64.2 Å². The van der Waals surface area contributed by atoms with E-state index in [0.29, 0.717) is 16.6 Å². The molecule has 1 N–H and O–H groups in total. The minimum atomic E-state index is -0.534. The van der Waals surface area contributed by atoms with E-state index in [1.807, 2.05) is 6.07 Å². The van der Waals surface area contributed by atoms with Crippen molar-refractivity contribution in [3.63, 3.8) is 0 Å². The Morgan fingerprint density at radius 1 is 0.818 bits per heavy atom. The van der Waals surface area contributed by atoms with Crippen molar-refractivity contribution < 1.29 is 5.11 Å². The van der Waals surface area contributed by atoms with Crippen molar-refractivity contribution >= 4 is 55.4 Å². The summed E-state index contributed by atoms with van der Waals surface area (Å²) in [5.74, 6) is 0. The van der Waals surface area contributed by atoms with Crippen molar-refractivity contribution in [3.05, 3.63) is 45.3 Å². The minimum Gasteiger partial charge on any atom is -0.387 e. The second kappa shape index (κ2) is 13.9. The van der Waals surface area contributed by atoms with Crippen molar-refractivity contribution in [3.8, 4) is 0 Å². The average Bonchev–Trinajstić information content (AvgIpc) is 3.28. The van der Waals surface area contributed by atoms with Gasteiger partial charge >= 0.3 is 0 Å². The molecule has 3 rings (SSSR count). The number of fused-ring (bicyclic) bond motifs is 3. The quantitative estimate of drug-likeness (QED) is 0.207. The smallest absolute Gasteiger partial charge is 0.0930 e. The first kappa shape index (κ1) is 26.8. The van der Waals surface area contributed by atoms with Crippen LogP contribution in [0.15, 0.2) is 29.6 Å². The summed E-state index contributed by atoms with van der Waals surface area (Å²) in [4.78, 5) is 2.48. The molecule has 0 aliphatic heterocycles. The van der Waals surface area contributed by atoms with Crippen LogP contribution in [0.3, 0.4) is 0 Å². The van der Waals surface area contributed by atoms with Crippen molar-refractivity contribution in [2.24, 2.45) is 0 Å². The van der Waals surface area contributed by atoms with Crippen LogP contribution in [0.2, 0.25) is 10.0 Å². The molecule has 0 radical (unpaired) electrons. The molecule has 0 amide bonds. The van der Waals surface area contributed by atoms with Crippen LogP contribution in [0.5, 0.6) is 0 Å². The van der Waals surface area contributed by atoms with Gasteiger partial charge in [0.2, 0.25) is 0 Å². The standard InChI is InChI=1S/C28H39Cl2NOS/c1-3-5-7-9-11-14-31(15-12-10-8-6-4-2)20-27(32)25-19-24-23(17-21(29)18-26(24)30)22-13-16-33-28(22)25/h13,16-19,27,32H,3-12,14-15,20H2,1-2H3. The van der Waals surface area contributed by atoms with E-state index < -0.39 is 6.10 Å². The molecule has 33 heavy (non-hydrogen) atoms. The third-order valence-corrected chi connectivity index (χ3v) is 8.05. The van der Waals surface area contributed by atoms with Gasteiger partial charge in [0.05, 0.1) is 6.10 Å². The second-order valence-corrected chi connectivity index (χ2v) is 11.0. The van der Waals surface area contributed by atoms with E-state index in [-0.39, 0.29) is 0 Å². The molecule has 2 aromatic carbocycles. The Bertz CT molecular complexity index is 988. The average molecular weight is 509 g/mol. The highest BCUT2D eigenvalue weighted by Gasteiger charge is 2.19. The Balaban J connectivity index is 1.76. The molecule has 0 saturated heterocycles. The first-order valence-corrected chi connectivity index (χ1v) is 14.4. The molecule has 1 atom stereocenters. The van der Waals surface area contributed by atoms with Crippen molar-refractivity contribution in [1.29, 1.82) is 0 Å². The number of aliphatic hydroxyl groups excluding tert-OH is 1. The molecule has 1 heterocycles. The Morgan fingerprint density at radius 3 is 2.09 bits per heavy atom. The van der Waals surface area contributed by atoms with Gasteiger partial charge in [0.1, 0.15) is 0 Å². The molecule has 0 saturated carbocycles. The summed E-state index contributed by atoms with van der Waals surface area (Å²) in [7, 11) is 0. The first-order valence-electron chi connectivity index (χ1n) is 12.7. The van der Waals surface area contributed by atoms with Crippen molar-refractivity contribution in [2.75, 3.05) is 19.6 Å². The van der Waals surface area contributed by atoms with E-state index in [1.54, 1.807) is 17.4 Å². The van der Waals surface area contributed by atoms with Crippen LogP contribution in [-0.2, 0) is 0 Å². The molecule has 0 aliphatic rings. The zero-order valence-corrected chi connectivity index (χ0v) is 22.5. The lowest BCUT2D eigenvalue weighted by molar-refractivity contribution is 0.111. The van der Waals surface area contributed by atoms with Gasteiger partial charge < -0.3 is 10.0 Å². The van der Waals surface area contributed by atoms with Gasteiger partial charge in [-0.15, -0.1) is 11.3 Å². The number of benzene rings is 2. The van der Waals surface area contributed by atoms with Crippen LogP contribution in [0.4, 0.5) is 0 Å². The van der Waals surface area contributed by atoms with E-state index in [2.05, 4.69) is 36.3 Å². The molecule has 3 aromatic rings. The monoisotopic (exact) mass is 507 g/mol. The topological polar surface area (TPSA) is 23.5 Å². The predicted molar refractivity (Wildman–Crippen MR) is 148 cm³/mol. The summed E-state index contributed by atoms with van der Waals surface area (Å²) in [6.07, 6.45) is 12.2. The SMILES string of the molecule is CCCCCCCN(CCCCCCC)CC(O)c1cc2c(Cl)cc(Cl)cc2c2ccsc12. The lowest BCUT2D eigenvalue weighted by atomic mass is 9.99. The number of hydrogen-bond donors (Lipinski definition) is 1. The zero-order valence-electron chi connectivity index (χ0n) is 20.2. The number of nitrogens with zero attached hydrogens (tertiary/aromatic N) is 1. The van der Waals surface area contributed by atoms with Crippen molar-refractivity contribution in [2.45, 2.75) is 84.2 Å². The van der Waals surface area contributed by atoms with E-state index in [0.717, 1.165) is 39.5 Å². The van der Waals surface area contributed by atoms with Crippen LogP contribution < -0.4 is 0 Å². The largest absolute Gasteiger partial charge is 0.387 e. The van der Waals surface area contributed by atoms with Crippen LogP contribution in [0.1, 0.15) is 89.7 Å². The Hall–Kier alpha value is -0.840. The number of unbranched alkanes of at least 4 members (excludes halogenated alkanes) is 8. The molecule has 0 bridgehead atoms. The van der Waals surface area contributed by atoms with E-state index in [4.69, 9.17) is 23.2 Å². The summed E-state index contributed by atoms with van der Waals surface area (Å²) in [6, 6.07) is 7.97. The van der Waals surface area contributed by atoms with Crippen LogP contribution in [-0.4, -0.2) is 29.6 Å². The summed E-state index contributed by atoms with van der Waals surface area (Å²) in [5, 5.41) is 17.9.